The molecule has 0 saturated carbocycles. The van der Waals surface area contributed by atoms with Gasteiger partial charge in [-0.1, -0.05) is 86.8 Å². The summed E-state index contributed by atoms with van der Waals surface area (Å²) in [4.78, 5) is 0. The summed E-state index contributed by atoms with van der Waals surface area (Å²) in [7, 11) is -0.323. The largest absolute Gasteiger partial charge is 0.346 e. The smallest absolute Gasteiger partial charge is 0.311 e. The van der Waals surface area contributed by atoms with Gasteiger partial charge >= 0.3 is 7.60 Å². The van der Waals surface area contributed by atoms with Crippen molar-refractivity contribution in [3.05, 3.63) is 71.8 Å². The zero-order valence-electron chi connectivity index (χ0n) is 15.9. The molecule has 4 nitrogen and oxygen atoms in total. The minimum Gasteiger partial charge on any atom is -0.311 e. The van der Waals surface area contributed by atoms with Gasteiger partial charge in [-0.15, -0.1) is 0 Å². The maximum atomic E-state index is 13.1. The third-order valence-electron chi connectivity index (χ3n) is 4.60. The van der Waals surface area contributed by atoms with Crippen LogP contribution < -0.4 is 5.32 Å². The van der Waals surface area contributed by atoms with Crippen LogP contribution in [0.1, 0.15) is 49.8 Å². The number of nitrogens with one attached hydrogen (secondary N) is 1. The van der Waals surface area contributed by atoms with Crippen LogP contribution in [-0.2, 0) is 13.6 Å². The third-order valence-corrected chi connectivity index (χ3v) is 6.79. The van der Waals surface area contributed by atoms with Crippen molar-refractivity contribution in [2.75, 3.05) is 14.2 Å². The van der Waals surface area contributed by atoms with Gasteiger partial charge < -0.3 is 9.05 Å². The van der Waals surface area contributed by atoms with Gasteiger partial charge in [0.1, 0.15) is 5.78 Å². The highest BCUT2D eigenvalue weighted by atomic mass is 31.2. The SMILES string of the molecule is CCCCCC(NC(c1ccccc1)c1ccccc1)P(=O)(OC)OC. The van der Waals surface area contributed by atoms with Crippen LogP contribution >= 0.6 is 7.60 Å². The topological polar surface area (TPSA) is 47.6 Å². The van der Waals surface area contributed by atoms with Crippen molar-refractivity contribution in [2.45, 2.75) is 44.4 Å². The summed E-state index contributed by atoms with van der Waals surface area (Å²) >= 11 is 0. The van der Waals surface area contributed by atoms with Crippen LogP contribution in [0.4, 0.5) is 0 Å². The molecule has 5 heteroatoms. The lowest BCUT2D eigenvalue weighted by atomic mass is 9.98. The quantitative estimate of drug-likeness (QED) is 0.401. The minimum absolute atomic E-state index is 0.0809. The third kappa shape index (κ3) is 5.52. The predicted octanol–water partition coefficient (Wildman–Crippen LogP) is 5.76. The first-order valence-electron chi connectivity index (χ1n) is 9.21. The van der Waals surface area contributed by atoms with Crippen molar-refractivity contribution in [1.29, 1.82) is 0 Å². The van der Waals surface area contributed by atoms with Gasteiger partial charge in [0.25, 0.3) is 0 Å². The van der Waals surface area contributed by atoms with Crippen LogP contribution in [-0.4, -0.2) is 20.0 Å². The minimum atomic E-state index is -3.24. The van der Waals surface area contributed by atoms with Crippen molar-refractivity contribution in [1.82, 2.24) is 5.32 Å². The summed E-state index contributed by atoms with van der Waals surface area (Å²) in [5.74, 6) is -0.366. The number of hydrogen-bond donors (Lipinski definition) is 1. The lowest BCUT2D eigenvalue weighted by Crippen LogP contribution is -2.34. The van der Waals surface area contributed by atoms with Crippen molar-refractivity contribution in [2.24, 2.45) is 0 Å². The fourth-order valence-electron chi connectivity index (χ4n) is 3.12. The average molecular weight is 375 g/mol. The Balaban J connectivity index is 2.34. The van der Waals surface area contributed by atoms with E-state index >= 15 is 0 Å². The van der Waals surface area contributed by atoms with Gasteiger partial charge in [0, 0.05) is 14.2 Å². The molecule has 1 atom stereocenters. The molecule has 0 saturated heterocycles. The van der Waals surface area contributed by atoms with Gasteiger partial charge in [-0.25, -0.2) is 0 Å². The molecule has 2 aromatic rings. The molecule has 0 aliphatic carbocycles. The van der Waals surface area contributed by atoms with Crippen molar-refractivity contribution < 1.29 is 13.6 Å². The number of rotatable bonds is 11. The Labute approximate surface area is 157 Å². The second-order valence-electron chi connectivity index (χ2n) is 6.34. The van der Waals surface area contributed by atoms with Crippen molar-refractivity contribution >= 4 is 7.60 Å². The number of unbranched alkanes of at least 4 members (excludes halogenated alkanes) is 2. The van der Waals surface area contributed by atoms with E-state index in [9.17, 15) is 4.57 Å². The van der Waals surface area contributed by atoms with E-state index in [0.717, 1.165) is 36.8 Å². The Bertz CT molecular complexity index is 631. The van der Waals surface area contributed by atoms with E-state index in [-0.39, 0.29) is 11.8 Å². The molecule has 1 N–H and O–H groups in total. The monoisotopic (exact) mass is 375 g/mol. The van der Waals surface area contributed by atoms with Gasteiger partial charge in [0.05, 0.1) is 6.04 Å². The molecule has 142 valence electrons. The molecule has 0 aliphatic rings. The van der Waals surface area contributed by atoms with Gasteiger partial charge in [-0.2, -0.15) is 0 Å². The first kappa shape index (κ1) is 20.9. The Morgan fingerprint density at radius 1 is 0.885 bits per heavy atom. The molecule has 26 heavy (non-hydrogen) atoms. The lowest BCUT2D eigenvalue weighted by Gasteiger charge is -2.30. The Hall–Kier alpha value is -1.45. The number of benzene rings is 2. The molecule has 0 fully saturated rings. The molecule has 0 radical (unpaired) electrons. The van der Waals surface area contributed by atoms with E-state index in [1.54, 1.807) is 0 Å². The molecule has 2 aromatic carbocycles. The molecular formula is C21H30NO3P. The summed E-state index contributed by atoms with van der Waals surface area (Å²) < 4.78 is 23.8. The Morgan fingerprint density at radius 3 is 1.81 bits per heavy atom. The zero-order chi connectivity index (χ0) is 18.8. The van der Waals surface area contributed by atoms with Crippen molar-refractivity contribution in [3.63, 3.8) is 0 Å². The highest BCUT2D eigenvalue weighted by Crippen LogP contribution is 2.53. The average Bonchev–Trinajstić information content (AvgIpc) is 2.71. The summed E-state index contributed by atoms with van der Waals surface area (Å²) in [6, 6.07) is 20.3. The molecular weight excluding hydrogens is 345 g/mol. The Morgan fingerprint density at radius 2 is 1.38 bits per heavy atom. The first-order valence-corrected chi connectivity index (χ1v) is 10.8. The predicted molar refractivity (Wildman–Crippen MR) is 107 cm³/mol. The fourth-order valence-corrected chi connectivity index (χ4v) is 4.61. The van der Waals surface area contributed by atoms with E-state index in [1.807, 2.05) is 36.4 Å². The standard InChI is InChI=1S/C21H30NO3P/c1-4-5-8-17-20(26(23,24-2)25-3)22-21(18-13-9-6-10-14-18)19-15-11-7-12-16-19/h6-7,9-16,20-22H,4-5,8,17H2,1-3H3. The van der Waals surface area contributed by atoms with E-state index < -0.39 is 7.60 Å². The summed E-state index contributed by atoms with van der Waals surface area (Å²) in [6.45, 7) is 2.16. The molecule has 0 amide bonds. The second-order valence-corrected chi connectivity index (χ2v) is 8.77. The highest BCUT2D eigenvalue weighted by molar-refractivity contribution is 7.54. The maximum absolute atomic E-state index is 13.1. The summed E-state index contributed by atoms with van der Waals surface area (Å²) in [6.07, 6.45) is 3.91. The van der Waals surface area contributed by atoms with Crippen LogP contribution in [0, 0.1) is 0 Å². The molecule has 0 aromatic heterocycles. The van der Waals surface area contributed by atoms with Crippen LogP contribution in [0.15, 0.2) is 60.7 Å². The van der Waals surface area contributed by atoms with Crippen molar-refractivity contribution in [3.8, 4) is 0 Å². The molecule has 0 spiro atoms. The second kappa shape index (κ2) is 10.6. The van der Waals surface area contributed by atoms with Gasteiger partial charge in [-0.3, -0.25) is 9.88 Å². The lowest BCUT2D eigenvalue weighted by molar-refractivity contribution is 0.253. The molecule has 0 heterocycles. The van der Waals surface area contributed by atoms with E-state index in [4.69, 9.17) is 9.05 Å². The summed E-state index contributed by atoms with van der Waals surface area (Å²) in [5, 5.41) is 3.57. The van der Waals surface area contributed by atoms with Gasteiger partial charge in [0.15, 0.2) is 0 Å². The van der Waals surface area contributed by atoms with E-state index in [0.29, 0.717) is 0 Å². The Kier molecular flexibility index (Phi) is 8.53. The maximum Gasteiger partial charge on any atom is 0.346 e. The van der Waals surface area contributed by atoms with E-state index in [1.165, 1.54) is 14.2 Å². The number of hydrogen-bond acceptors (Lipinski definition) is 4. The molecule has 2 rings (SSSR count). The van der Waals surface area contributed by atoms with Gasteiger partial charge in [0.2, 0.25) is 0 Å². The molecule has 1 unspecified atom stereocenters. The van der Waals surface area contributed by atoms with E-state index in [2.05, 4.69) is 36.5 Å². The van der Waals surface area contributed by atoms with Crippen LogP contribution in [0.25, 0.3) is 0 Å². The van der Waals surface area contributed by atoms with Crippen LogP contribution in [0.5, 0.6) is 0 Å². The molecule has 0 aliphatic heterocycles. The first-order chi connectivity index (χ1) is 12.6. The van der Waals surface area contributed by atoms with Crippen LogP contribution in [0.2, 0.25) is 0 Å². The highest BCUT2D eigenvalue weighted by Gasteiger charge is 2.35. The zero-order valence-corrected chi connectivity index (χ0v) is 16.8. The fraction of sp³-hybridized carbons (Fsp3) is 0.429. The summed E-state index contributed by atoms with van der Waals surface area (Å²) in [5.41, 5.74) is 2.25. The van der Waals surface area contributed by atoms with Crippen LogP contribution in [0.3, 0.4) is 0 Å². The van der Waals surface area contributed by atoms with Gasteiger partial charge in [-0.05, 0) is 17.5 Å². The normalized spacial score (nSPS) is 13.1. The molecule has 0 bridgehead atoms.